The minimum Gasteiger partial charge on any atom is -0.351 e. The number of hydrogen-bond acceptors (Lipinski definition) is 3. The molecule has 0 atom stereocenters. The van der Waals surface area contributed by atoms with Crippen LogP contribution in [0.15, 0.2) is 18.2 Å². The van der Waals surface area contributed by atoms with Gasteiger partial charge < -0.3 is 5.32 Å². The summed E-state index contributed by atoms with van der Waals surface area (Å²) < 4.78 is 0. The summed E-state index contributed by atoms with van der Waals surface area (Å²) in [5.41, 5.74) is 1.09. The molecule has 15 heavy (non-hydrogen) atoms. The van der Waals surface area contributed by atoms with Crippen LogP contribution >= 0.6 is 15.9 Å². The minimum atomic E-state index is -0.117. The van der Waals surface area contributed by atoms with E-state index in [9.17, 15) is 9.59 Å². The highest BCUT2D eigenvalue weighted by Gasteiger charge is 2.05. The number of nitrogens with one attached hydrogen (secondary N) is 1. The summed E-state index contributed by atoms with van der Waals surface area (Å²) in [6.45, 7) is 1.78. The topological polar surface area (TPSA) is 59.1 Å². The highest BCUT2D eigenvalue weighted by Crippen LogP contribution is 2.02. The molecule has 0 aliphatic rings. The molecule has 0 fully saturated rings. The van der Waals surface area contributed by atoms with Crippen molar-refractivity contribution >= 4 is 27.6 Å². The molecular weight excluding hydrogens is 260 g/mol. The Morgan fingerprint density at radius 2 is 2.20 bits per heavy atom. The Hall–Kier alpha value is -1.23. The van der Waals surface area contributed by atoms with Crippen molar-refractivity contribution in [3.8, 4) is 0 Å². The Balaban J connectivity index is 2.74. The van der Waals surface area contributed by atoms with E-state index < -0.39 is 0 Å². The molecule has 1 rings (SSSR count). The zero-order valence-corrected chi connectivity index (χ0v) is 9.87. The van der Waals surface area contributed by atoms with Crippen LogP contribution in [0, 0.1) is 0 Å². The van der Waals surface area contributed by atoms with Gasteiger partial charge in [-0.2, -0.15) is 0 Å². The number of amides is 1. The summed E-state index contributed by atoms with van der Waals surface area (Å²) in [7, 11) is 0. The summed E-state index contributed by atoms with van der Waals surface area (Å²) in [4.78, 5) is 26.1. The van der Waals surface area contributed by atoms with Gasteiger partial charge in [-0.15, -0.1) is 0 Å². The van der Waals surface area contributed by atoms with Crippen LogP contribution in [0.5, 0.6) is 0 Å². The number of halogens is 1. The minimum absolute atomic E-state index is 0.0697. The molecule has 0 saturated carbocycles. The van der Waals surface area contributed by atoms with Gasteiger partial charge in [-0.1, -0.05) is 22.0 Å². The van der Waals surface area contributed by atoms with Crippen LogP contribution in [-0.2, 0) is 11.3 Å². The second-order valence-electron chi connectivity index (χ2n) is 2.98. The number of nitrogens with zero attached hydrogens (tertiary/aromatic N) is 1. The number of Topliss-reactive ketones (excluding diaryl/α,β-unsaturated/α-hetero) is 1. The van der Waals surface area contributed by atoms with Crippen molar-refractivity contribution in [2.75, 3.05) is 5.33 Å². The average Bonchev–Trinajstić information content (AvgIpc) is 2.25. The molecule has 0 radical (unpaired) electrons. The van der Waals surface area contributed by atoms with E-state index >= 15 is 0 Å². The van der Waals surface area contributed by atoms with Gasteiger partial charge >= 0.3 is 0 Å². The smallest absolute Gasteiger partial charge is 0.217 e. The van der Waals surface area contributed by atoms with Crippen molar-refractivity contribution < 1.29 is 9.59 Å². The quantitative estimate of drug-likeness (QED) is 0.663. The number of ketones is 1. The molecule has 1 aromatic heterocycles. The number of aromatic nitrogens is 1. The molecule has 0 saturated heterocycles. The average molecular weight is 271 g/mol. The van der Waals surface area contributed by atoms with Crippen LogP contribution in [-0.4, -0.2) is 22.0 Å². The van der Waals surface area contributed by atoms with E-state index in [1.165, 1.54) is 6.92 Å². The lowest BCUT2D eigenvalue weighted by Crippen LogP contribution is -2.20. The highest BCUT2D eigenvalue weighted by atomic mass is 79.9. The molecule has 0 aliphatic heterocycles. The van der Waals surface area contributed by atoms with Crippen LogP contribution in [0.4, 0.5) is 0 Å². The number of pyridine rings is 1. The third-order valence-electron chi connectivity index (χ3n) is 1.73. The second-order valence-corrected chi connectivity index (χ2v) is 3.54. The second kappa shape index (κ2) is 5.60. The van der Waals surface area contributed by atoms with E-state index in [1.807, 2.05) is 0 Å². The fourth-order valence-electron chi connectivity index (χ4n) is 1.02. The molecule has 0 aromatic carbocycles. The van der Waals surface area contributed by atoms with Crippen molar-refractivity contribution in [2.24, 2.45) is 0 Å². The first kappa shape index (κ1) is 11.8. The van der Waals surface area contributed by atoms with Crippen LogP contribution in [0.3, 0.4) is 0 Å². The van der Waals surface area contributed by atoms with Crippen molar-refractivity contribution in [2.45, 2.75) is 13.5 Å². The number of hydrogen-bond donors (Lipinski definition) is 1. The molecule has 1 heterocycles. The zero-order chi connectivity index (χ0) is 11.3. The van der Waals surface area contributed by atoms with Crippen LogP contribution in [0.1, 0.15) is 23.1 Å². The van der Waals surface area contributed by atoms with Crippen molar-refractivity contribution in [1.29, 1.82) is 0 Å². The molecule has 80 valence electrons. The molecule has 0 spiro atoms. The van der Waals surface area contributed by atoms with Gasteiger partial charge in [-0.05, 0) is 12.1 Å². The maximum Gasteiger partial charge on any atom is 0.217 e. The van der Waals surface area contributed by atoms with Crippen LogP contribution in [0.25, 0.3) is 0 Å². The number of rotatable bonds is 4. The Morgan fingerprint density at radius 3 is 2.80 bits per heavy atom. The van der Waals surface area contributed by atoms with Gasteiger partial charge in [0.05, 0.1) is 17.6 Å². The molecule has 0 bridgehead atoms. The Labute approximate surface area is 96.2 Å². The molecule has 5 heteroatoms. The Kier molecular flexibility index (Phi) is 4.42. The monoisotopic (exact) mass is 270 g/mol. The fourth-order valence-corrected chi connectivity index (χ4v) is 1.30. The fraction of sp³-hybridized carbons (Fsp3) is 0.300. The predicted octanol–water partition coefficient (Wildman–Crippen LogP) is 1.30. The molecule has 0 unspecified atom stereocenters. The first-order valence-electron chi connectivity index (χ1n) is 4.43. The summed E-state index contributed by atoms with van der Waals surface area (Å²) in [5.74, 6) is -0.186. The number of carbonyl (C=O) groups excluding carboxylic acids is 2. The van der Waals surface area contributed by atoms with E-state index in [2.05, 4.69) is 26.2 Å². The van der Waals surface area contributed by atoms with Gasteiger partial charge in [0.15, 0.2) is 5.78 Å². The van der Waals surface area contributed by atoms with Crippen LogP contribution < -0.4 is 5.32 Å². The number of alkyl halides is 1. The molecule has 1 amide bonds. The standard InChI is InChI=1S/C10H11BrN2O2/c1-7(14)12-6-8-3-2-4-9(13-8)10(15)5-11/h2-4H,5-6H2,1H3,(H,12,14). The van der Waals surface area contributed by atoms with Crippen molar-refractivity contribution in [3.05, 3.63) is 29.6 Å². The molecule has 0 aliphatic carbocycles. The maximum atomic E-state index is 11.3. The molecule has 4 nitrogen and oxygen atoms in total. The lowest BCUT2D eigenvalue weighted by Gasteiger charge is -2.03. The van der Waals surface area contributed by atoms with E-state index in [4.69, 9.17) is 0 Å². The maximum absolute atomic E-state index is 11.3. The summed E-state index contributed by atoms with van der Waals surface area (Å²) in [6, 6.07) is 5.17. The third kappa shape index (κ3) is 3.79. The highest BCUT2D eigenvalue weighted by molar-refractivity contribution is 9.09. The Bertz CT molecular complexity index is 379. The largest absolute Gasteiger partial charge is 0.351 e. The summed E-state index contributed by atoms with van der Waals surface area (Å²) >= 11 is 3.08. The van der Waals surface area contributed by atoms with E-state index in [1.54, 1.807) is 18.2 Å². The van der Waals surface area contributed by atoms with Gasteiger partial charge in [0.25, 0.3) is 0 Å². The molecule has 1 aromatic rings. The number of carbonyl (C=O) groups is 2. The molecular formula is C10H11BrN2O2. The zero-order valence-electron chi connectivity index (χ0n) is 8.29. The lowest BCUT2D eigenvalue weighted by atomic mass is 10.2. The van der Waals surface area contributed by atoms with Gasteiger partial charge in [0.2, 0.25) is 5.91 Å². The van der Waals surface area contributed by atoms with Crippen molar-refractivity contribution in [3.63, 3.8) is 0 Å². The lowest BCUT2D eigenvalue weighted by molar-refractivity contribution is -0.119. The van der Waals surface area contributed by atoms with E-state index in [-0.39, 0.29) is 17.0 Å². The first-order valence-corrected chi connectivity index (χ1v) is 5.55. The van der Waals surface area contributed by atoms with Gasteiger partial charge in [0.1, 0.15) is 5.69 Å². The predicted molar refractivity (Wildman–Crippen MR) is 59.9 cm³/mol. The van der Waals surface area contributed by atoms with E-state index in [0.717, 1.165) is 0 Å². The SMILES string of the molecule is CC(=O)NCc1cccc(C(=O)CBr)n1. The normalized spacial score (nSPS) is 9.73. The van der Waals surface area contributed by atoms with Crippen LogP contribution in [0.2, 0.25) is 0 Å². The third-order valence-corrected chi connectivity index (χ3v) is 2.24. The van der Waals surface area contributed by atoms with Gasteiger partial charge in [0, 0.05) is 6.92 Å². The van der Waals surface area contributed by atoms with Crippen molar-refractivity contribution in [1.82, 2.24) is 10.3 Å². The first-order chi connectivity index (χ1) is 7.13. The summed E-state index contributed by atoms with van der Waals surface area (Å²) in [6.07, 6.45) is 0. The Morgan fingerprint density at radius 1 is 1.47 bits per heavy atom. The van der Waals surface area contributed by atoms with E-state index in [0.29, 0.717) is 17.9 Å². The van der Waals surface area contributed by atoms with Gasteiger partial charge in [-0.25, -0.2) is 4.98 Å². The summed E-state index contributed by atoms with van der Waals surface area (Å²) in [5, 5.41) is 2.88. The molecule has 1 N–H and O–H groups in total. The van der Waals surface area contributed by atoms with Gasteiger partial charge in [-0.3, -0.25) is 9.59 Å².